The van der Waals surface area contributed by atoms with E-state index < -0.39 is 0 Å². The van der Waals surface area contributed by atoms with Crippen molar-refractivity contribution in [3.05, 3.63) is 18.2 Å². The molecule has 1 atom stereocenters. The summed E-state index contributed by atoms with van der Waals surface area (Å²) >= 11 is 5.73. The van der Waals surface area contributed by atoms with E-state index in [1.54, 1.807) is 14.2 Å². The van der Waals surface area contributed by atoms with E-state index in [2.05, 4.69) is 0 Å². The fraction of sp³-hybridized carbons (Fsp3) is 0.250. The van der Waals surface area contributed by atoms with Crippen LogP contribution in [0.1, 0.15) is 0 Å². The van der Waals surface area contributed by atoms with E-state index >= 15 is 0 Å². The number of halogens is 1. The van der Waals surface area contributed by atoms with Crippen molar-refractivity contribution in [2.45, 2.75) is 0 Å². The van der Waals surface area contributed by atoms with E-state index in [9.17, 15) is 0 Å². The first-order valence-electron chi connectivity index (χ1n) is 3.41. The average Bonchev–Trinajstić information content (AvgIpc) is 2.16. The molecule has 66 valence electrons. The summed E-state index contributed by atoms with van der Waals surface area (Å²) in [5.74, 6) is 1.46. The molecule has 0 fully saturated rings. The standard InChI is InChI=1S/C8H10ClO2P/c1-10-6-4-3-5-7(12-9)8(6)11-2/h3-5,12H,1-2H3. The van der Waals surface area contributed by atoms with Gasteiger partial charge in [0.15, 0.2) is 11.5 Å². The van der Waals surface area contributed by atoms with Crippen molar-refractivity contribution < 1.29 is 9.47 Å². The minimum absolute atomic E-state index is 0.202. The molecule has 0 aliphatic carbocycles. The second-order valence-electron chi connectivity index (χ2n) is 2.14. The predicted octanol–water partition coefficient (Wildman–Crippen LogP) is 2.16. The molecule has 0 saturated heterocycles. The number of rotatable bonds is 3. The summed E-state index contributed by atoms with van der Waals surface area (Å²) in [5, 5.41) is 0.971. The fourth-order valence-corrected chi connectivity index (χ4v) is 1.88. The number of methoxy groups -OCH3 is 2. The molecular weight excluding hydrogens is 195 g/mol. The third kappa shape index (κ3) is 1.82. The highest BCUT2D eigenvalue weighted by Gasteiger charge is 2.07. The van der Waals surface area contributed by atoms with Gasteiger partial charge in [0.1, 0.15) is 0 Å². The first-order valence-corrected chi connectivity index (χ1v) is 5.42. The summed E-state index contributed by atoms with van der Waals surface area (Å²) in [6.07, 6.45) is 0. The molecule has 0 aliphatic heterocycles. The molecule has 0 N–H and O–H groups in total. The van der Waals surface area contributed by atoms with Crippen molar-refractivity contribution in [3.63, 3.8) is 0 Å². The first kappa shape index (κ1) is 9.63. The third-order valence-electron chi connectivity index (χ3n) is 1.50. The highest BCUT2D eigenvalue weighted by molar-refractivity contribution is 7.75. The molecule has 1 unspecified atom stereocenters. The van der Waals surface area contributed by atoms with Crippen LogP contribution >= 0.6 is 19.2 Å². The summed E-state index contributed by atoms with van der Waals surface area (Å²) < 4.78 is 10.3. The van der Waals surface area contributed by atoms with Gasteiger partial charge in [-0.2, -0.15) is 0 Å². The Bertz CT molecular complexity index is 243. The smallest absolute Gasteiger partial charge is 0.169 e. The fourth-order valence-electron chi connectivity index (χ4n) is 0.962. The largest absolute Gasteiger partial charge is 0.493 e. The molecule has 0 amide bonds. The van der Waals surface area contributed by atoms with Gasteiger partial charge in [-0.1, -0.05) is 17.3 Å². The average molecular weight is 205 g/mol. The van der Waals surface area contributed by atoms with Gasteiger partial charge in [0.05, 0.1) is 14.2 Å². The van der Waals surface area contributed by atoms with Crippen molar-refractivity contribution in [2.24, 2.45) is 0 Å². The Balaban J connectivity index is 3.13. The monoisotopic (exact) mass is 204 g/mol. The first-order chi connectivity index (χ1) is 5.83. The summed E-state index contributed by atoms with van der Waals surface area (Å²) in [6.45, 7) is 0. The predicted molar refractivity (Wildman–Crippen MR) is 53.3 cm³/mol. The Hall–Kier alpha value is -0.460. The molecule has 0 heterocycles. The second kappa shape index (κ2) is 4.54. The van der Waals surface area contributed by atoms with Crippen LogP contribution in [0.5, 0.6) is 11.5 Å². The van der Waals surface area contributed by atoms with Crippen LogP contribution in [0.2, 0.25) is 0 Å². The van der Waals surface area contributed by atoms with Crippen LogP contribution < -0.4 is 14.8 Å². The molecule has 0 aromatic heterocycles. The van der Waals surface area contributed by atoms with Gasteiger partial charge >= 0.3 is 0 Å². The number of hydrogen-bond acceptors (Lipinski definition) is 2. The Morgan fingerprint density at radius 1 is 1.25 bits per heavy atom. The summed E-state index contributed by atoms with van der Waals surface area (Å²) in [7, 11) is 3.42. The van der Waals surface area contributed by atoms with Gasteiger partial charge in [-0.05, 0) is 12.1 Å². The van der Waals surface area contributed by atoms with E-state index in [0.717, 1.165) is 16.8 Å². The van der Waals surface area contributed by atoms with Crippen LogP contribution in [-0.2, 0) is 0 Å². The molecule has 1 rings (SSSR count). The molecule has 2 nitrogen and oxygen atoms in total. The van der Waals surface area contributed by atoms with Crippen molar-refractivity contribution in [2.75, 3.05) is 14.2 Å². The van der Waals surface area contributed by atoms with Gasteiger partial charge in [-0.15, -0.1) is 0 Å². The van der Waals surface area contributed by atoms with Crippen molar-refractivity contribution in [1.82, 2.24) is 0 Å². The van der Waals surface area contributed by atoms with Crippen molar-refractivity contribution in [1.29, 1.82) is 0 Å². The van der Waals surface area contributed by atoms with E-state index in [-0.39, 0.29) is 7.93 Å². The maximum Gasteiger partial charge on any atom is 0.169 e. The molecular formula is C8H10ClO2P. The van der Waals surface area contributed by atoms with Gasteiger partial charge in [-0.25, -0.2) is 0 Å². The highest BCUT2D eigenvalue weighted by Crippen LogP contribution is 2.30. The third-order valence-corrected chi connectivity index (χ3v) is 2.71. The number of ether oxygens (including phenoxy) is 2. The van der Waals surface area contributed by atoms with Crippen LogP contribution in [0.4, 0.5) is 0 Å². The summed E-state index contributed by atoms with van der Waals surface area (Å²) in [6, 6.07) is 5.66. The zero-order valence-corrected chi connectivity index (χ0v) is 8.68. The van der Waals surface area contributed by atoms with Gasteiger partial charge in [0.2, 0.25) is 0 Å². The van der Waals surface area contributed by atoms with Gasteiger partial charge in [-0.3, -0.25) is 0 Å². The van der Waals surface area contributed by atoms with Crippen LogP contribution in [0.25, 0.3) is 0 Å². The molecule has 12 heavy (non-hydrogen) atoms. The molecule has 1 aromatic rings. The lowest BCUT2D eigenvalue weighted by Gasteiger charge is -2.09. The Morgan fingerprint density at radius 2 is 2.00 bits per heavy atom. The van der Waals surface area contributed by atoms with E-state index in [1.807, 2.05) is 18.2 Å². The molecule has 0 saturated carbocycles. The minimum Gasteiger partial charge on any atom is -0.493 e. The van der Waals surface area contributed by atoms with Crippen molar-refractivity contribution in [3.8, 4) is 11.5 Å². The molecule has 1 aromatic carbocycles. The molecule has 0 radical (unpaired) electrons. The highest BCUT2D eigenvalue weighted by atomic mass is 35.7. The van der Waals surface area contributed by atoms with Crippen LogP contribution in [-0.4, -0.2) is 14.2 Å². The van der Waals surface area contributed by atoms with E-state index in [1.165, 1.54) is 0 Å². The zero-order valence-electron chi connectivity index (χ0n) is 6.93. The van der Waals surface area contributed by atoms with E-state index in [4.69, 9.17) is 20.7 Å². The Kier molecular flexibility index (Phi) is 3.64. The summed E-state index contributed by atoms with van der Waals surface area (Å²) in [4.78, 5) is 0. The lowest BCUT2D eigenvalue weighted by atomic mass is 10.3. The molecule has 0 spiro atoms. The quantitative estimate of drug-likeness (QED) is 0.703. The lowest BCUT2D eigenvalue weighted by molar-refractivity contribution is 0.357. The topological polar surface area (TPSA) is 18.5 Å². The molecule has 4 heteroatoms. The summed E-state index contributed by atoms with van der Waals surface area (Å²) in [5.41, 5.74) is 0. The minimum atomic E-state index is 0.202. The molecule has 0 aliphatic rings. The normalized spacial score (nSPS) is 10.6. The van der Waals surface area contributed by atoms with Gasteiger partial charge in [0, 0.05) is 13.2 Å². The number of para-hydroxylation sites is 1. The van der Waals surface area contributed by atoms with Crippen molar-refractivity contribution >= 4 is 24.5 Å². The Morgan fingerprint density at radius 3 is 2.50 bits per heavy atom. The second-order valence-corrected chi connectivity index (χ2v) is 3.43. The SMILES string of the molecule is COc1cccc(PCl)c1OC. The lowest BCUT2D eigenvalue weighted by Crippen LogP contribution is -2.01. The van der Waals surface area contributed by atoms with E-state index in [0.29, 0.717) is 0 Å². The molecule has 0 bridgehead atoms. The Labute approximate surface area is 78.4 Å². The maximum absolute atomic E-state index is 5.73. The maximum atomic E-state index is 5.73. The number of hydrogen-bond donors (Lipinski definition) is 0. The number of benzene rings is 1. The van der Waals surface area contributed by atoms with Crippen LogP contribution in [0.15, 0.2) is 18.2 Å². The van der Waals surface area contributed by atoms with Gasteiger partial charge < -0.3 is 9.47 Å². The van der Waals surface area contributed by atoms with Crippen LogP contribution in [0, 0.1) is 0 Å². The van der Waals surface area contributed by atoms with Crippen LogP contribution in [0.3, 0.4) is 0 Å². The van der Waals surface area contributed by atoms with Gasteiger partial charge in [0.25, 0.3) is 0 Å². The zero-order chi connectivity index (χ0) is 8.97.